The monoisotopic (exact) mass is 142 g/mol. The molecule has 7 heavy (non-hydrogen) atoms. The van der Waals surface area contributed by atoms with E-state index in [4.69, 9.17) is 5.84 Å². The van der Waals surface area contributed by atoms with Crippen molar-refractivity contribution in [3.8, 4) is 0 Å². The van der Waals surface area contributed by atoms with Gasteiger partial charge in [0.2, 0.25) is 0 Å². The smallest absolute Gasteiger partial charge is 0.0535 e. The summed E-state index contributed by atoms with van der Waals surface area (Å²) in [6.45, 7) is 3.23. The van der Waals surface area contributed by atoms with E-state index in [2.05, 4.69) is 17.7 Å². The molecular weight excluding hydrogens is 135 g/mol. The van der Waals surface area contributed by atoms with Crippen LogP contribution in [0, 0.1) is 0 Å². The van der Waals surface area contributed by atoms with Gasteiger partial charge >= 0.3 is 0 Å². The normalized spacial score (nSPS) is 3.57. The first-order chi connectivity index (χ1) is 2.41. The highest BCUT2D eigenvalue weighted by molar-refractivity contribution is 5.85. The van der Waals surface area contributed by atoms with E-state index >= 15 is 0 Å². The van der Waals surface area contributed by atoms with Gasteiger partial charge in [0.1, 0.15) is 0 Å². The molecule has 0 unspecified atom stereocenters. The number of nitrogens with one attached hydrogen (secondary N) is 1. The highest BCUT2D eigenvalue weighted by Crippen LogP contribution is 1.38. The third kappa shape index (κ3) is 25.2. The van der Waals surface area contributed by atoms with Gasteiger partial charge in [0, 0.05) is 0 Å². The van der Waals surface area contributed by atoms with Gasteiger partial charge in [-0.2, -0.15) is 0 Å². The zero-order valence-electron chi connectivity index (χ0n) is 3.68. The predicted molar refractivity (Wildman–Crippen MR) is 35.5 cm³/mol. The molecule has 0 aliphatic carbocycles. The number of hydrazine groups is 1. The lowest BCUT2D eigenvalue weighted by molar-refractivity contribution is 0.970. The summed E-state index contributed by atoms with van der Waals surface area (Å²) in [7, 11) is 0. The van der Waals surface area contributed by atoms with Crippen LogP contribution < -0.4 is 11.3 Å². The Morgan fingerprint density at radius 3 is 2.00 bits per heavy atom. The van der Waals surface area contributed by atoms with Gasteiger partial charge in [-0.25, -0.2) is 0 Å². The van der Waals surface area contributed by atoms with Crippen molar-refractivity contribution in [2.75, 3.05) is 0 Å². The first-order valence-electron chi connectivity index (χ1n) is 1.22. The molecule has 0 fully saturated rings. The van der Waals surface area contributed by atoms with Crippen LogP contribution in [0.25, 0.3) is 0 Å². The molecule has 0 aromatic carbocycles. The van der Waals surface area contributed by atoms with Crippen molar-refractivity contribution < 1.29 is 0 Å². The average molecular weight is 143 g/mol. The molecule has 0 spiro atoms. The standard InChI is InChI=1S/C3H6N2.2ClH/c1-2-3-5-4;;/h3,5H,1,4H2;2*1H. The lowest BCUT2D eigenvalue weighted by atomic mass is 10.9. The van der Waals surface area contributed by atoms with Crippen LogP contribution in [0.2, 0.25) is 0 Å². The summed E-state index contributed by atoms with van der Waals surface area (Å²) in [6, 6.07) is 0. The lowest BCUT2D eigenvalue weighted by Crippen LogP contribution is -2.11. The molecular formula is C3H8Cl2N2. The van der Waals surface area contributed by atoms with E-state index < -0.39 is 0 Å². The third-order valence-electron chi connectivity index (χ3n) is 0.185. The highest BCUT2D eigenvalue weighted by atomic mass is 35.5. The van der Waals surface area contributed by atoms with Crippen LogP contribution in [0.3, 0.4) is 0 Å². The molecule has 0 saturated carbocycles. The minimum Gasteiger partial charge on any atom is -0.324 e. The first kappa shape index (κ1) is 15.8. The Morgan fingerprint density at radius 2 is 2.00 bits per heavy atom. The molecule has 0 aromatic heterocycles. The summed E-state index contributed by atoms with van der Waals surface area (Å²) < 4.78 is 0. The molecule has 0 amide bonds. The Labute approximate surface area is 55.3 Å². The molecule has 0 aliphatic rings. The van der Waals surface area contributed by atoms with Crippen molar-refractivity contribution in [3.05, 3.63) is 18.5 Å². The van der Waals surface area contributed by atoms with E-state index in [-0.39, 0.29) is 24.8 Å². The van der Waals surface area contributed by atoms with Crippen LogP contribution in [-0.2, 0) is 0 Å². The second-order valence-electron chi connectivity index (χ2n) is 0.515. The Kier molecular flexibility index (Phi) is 38.2. The Bertz CT molecular complexity index is 58.0. The van der Waals surface area contributed by atoms with Crippen LogP contribution in [0.4, 0.5) is 0 Å². The number of hydrogen-bond donors (Lipinski definition) is 2. The number of nitrogens with two attached hydrogens (primary N) is 1. The second kappa shape index (κ2) is 16.9. The van der Waals surface area contributed by atoms with Crippen molar-refractivity contribution in [2.24, 2.45) is 5.84 Å². The molecule has 0 aromatic rings. The van der Waals surface area contributed by atoms with Crippen molar-refractivity contribution >= 4 is 24.8 Å². The number of hydrogen-bond acceptors (Lipinski definition) is 2. The Morgan fingerprint density at radius 1 is 1.57 bits per heavy atom. The van der Waals surface area contributed by atoms with Crippen molar-refractivity contribution in [1.82, 2.24) is 5.43 Å². The van der Waals surface area contributed by atoms with Gasteiger partial charge < -0.3 is 5.43 Å². The van der Waals surface area contributed by atoms with Gasteiger partial charge in [-0.3, -0.25) is 5.84 Å². The lowest BCUT2D eigenvalue weighted by Gasteiger charge is -1.72. The van der Waals surface area contributed by atoms with Crippen LogP contribution in [0.1, 0.15) is 0 Å². The maximum atomic E-state index is 4.73. The quantitative estimate of drug-likeness (QED) is 0.320. The first-order valence-corrected chi connectivity index (χ1v) is 1.22. The summed E-state index contributed by atoms with van der Waals surface area (Å²) in [6.07, 6.45) is 1.42. The van der Waals surface area contributed by atoms with E-state index in [0.717, 1.165) is 0 Å². The zero-order chi connectivity index (χ0) is 4.12. The highest BCUT2D eigenvalue weighted by Gasteiger charge is 1.39. The van der Waals surface area contributed by atoms with E-state index in [0.29, 0.717) is 0 Å². The molecule has 0 aliphatic heterocycles. The Hall–Kier alpha value is -0.140. The minimum atomic E-state index is 0. The predicted octanol–water partition coefficient (Wildman–Crippen LogP) is 0.592. The maximum absolute atomic E-state index is 4.73. The molecule has 0 atom stereocenters. The van der Waals surface area contributed by atoms with Crippen LogP contribution in [-0.4, -0.2) is 0 Å². The Balaban J connectivity index is -0.0000000800. The van der Waals surface area contributed by atoms with Crippen molar-refractivity contribution in [2.45, 2.75) is 0 Å². The van der Waals surface area contributed by atoms with Crippen LogP contribution >= 0.6 is 24.8 Å². The van der Waals surface area contributed by atoms with Crippen LogP contribution in [0.15, 0.2) is 18.5 Å². The molecule has 44 valence electrons. The summed E-state index contributed by atoms with van der Waals surface area (Å²) in [5.41, 5.74) is 4.62. The SMILES string of the molecule is C=C=CNN.Cl.Cl. The molecule has 0 heterocycles. The van der Waals surface area contributed by atoms with Crippen molar-refractivity contribution in [1.29, 1.82) is 0 Å². The summed E-state index contributed by atoms with van der Waals surface area (Å²) in [4.78, 5) is 0. The fourth-order valence-corrected chi connectivity index (χ4v) is 0.0589. The molecule has 0 rings (SSSR count). The van der Waals surface area contributed by atoms with Gasteiger partial charge in [0.05, 0.1) is 6.20 Å². The molecule has 2 nitrogen and oxygen atoms in total. The molecule has 4 heteroatoms. The number of rotatable bonds is 1. The van der Waals surface area contributed by atoms with Gasteiger partial charge in [0.15, 0.2) is 0 Å². The van der Waals surface area contributed by atoms with Gasteiger partial charge in [0.25, 0.3) is 0 Å². The fraction of sp³-hybridized carbons (Fsp3) is 0. The zero-order valence-corrected chi connectivity index (χ0v) is 5.31. The minimum absolute atomic E-state index is 0. The van der Waals surface area contributed by atoms with Crippen LogP contribution in [0.5, 0.6) is 0 Å². The molecule has 0 radical (unpaired) electrons. The molecule has 0 bridgehead atoms. The largest absolute Gasteiger partial charge is 0.324 e. The molecule has 0 saturated heterocycles. The third-order valence-corrected chi connectivity index (χ3v) is 0.185. The van der Waals surface area contributed by atoms with E-state index in [1.54, 1.807) is 0 Å². The fourth-order valence-electron chi connectivity index (χ4n) is 0.0589. The topological polar surface area (TPSA) is 38.0 Å². The van der Waals surface area contributed by atoms with E-state index in [1.165, 1.54) is 6.20 Å². The van der Waals surface area contributed by atoms with Gasteiger partial charge in [-0.05, 0) is 0 Å². The summed E-state index contributed by atoms with van der Waals surface area (Å²) in [5.74, 6) is 4.73. The number of halogens is 2. The summed E-state index contributed by atoms with van der Waals surface area (Å²) in [5, 5.41) is 0. The van der Waals surface area contributed by atoms with E-state index in [9.17, 15) is 0 Å². The van der Waals surface area contributed by atoms with E-state index in [1.807, 2.05) is 0 Å². The average Bonchev–Trinajstić information content (AvgIpc) is 1.41. The second-order valence-corrected chi connectivity index (χ2v) is 0.515. The summed E-state index contributed by atoms with van der Waals surface area (Å²) >= 11 is 0. The maximum Gasteiger partial charge on any atom is 0.0535 e. The van der Waals surface area contributed by atoms with Gasteiger partial charge in [-0.1, -0.05) is 6.58 Å². The van der Waals surface area contributed by atoms with Crippen molar-refractivity contribution in [3.63, 3.8) is 0 Å². The van der Waals surface area contributed by atoms with Gasteiger partial charge in [-0.15, -0.1) is 30.5 Å². The molecule has 3 N–H and O–H groups in total.